The minimum Gasteiger partial charge on any atom is -0.382 e. The van der Waals surface area contributed by atoms with Crippen molar-refractivity contribution in [2.45, 2.75) is 6.92 Å². The Morgan fingerprint density at radius 3 is 2.47 bits per heavy atom. The predicted molar refractivity (Wildman–Crippen MR) is 165 cm³/mol. The Bertz CT molecular complexity index is 1880. The molecule has 0 saturated carbocycles. The molecular weight excluding hydrogens is 570 g/mol. The second kappa shape index (κ2) is 11.7. The highest BCUT2D eigenvalue weighted by atomic mass is 35.5. The van der Waals surface area contributed by atoms with Gasteiger partial charge in [0.1, 0.15) is 34.3 Å². The van der Waals surface area contributed by atoms with Gasteiger partial charge in [-0.25, -0.2) is 19.6 Å². The lowest BCUT2D eigenvalue weighted by molar-refractivity contribution is 0.102. The molecule has 1 aliphatic rings. The largest absolute Gasteiger partial charge is 0.382 e. The number of ether oxygens (including phenoxy) is 1. The molecule has 2 aromatic carbocycles. The number of halogens is 1. The summed E-state index contributed by atoms with van der Waals surface area (Å²) < 4.78 is 8.42. The lowest BCUT2D eigenvalue weighted by atomic mass is 10.1. The van der Waals surface area contributed by atoms with Gasteiger partial charge in [0, 0.05) is 31.4 Å². The number of carbonyl (C=O) groups excluding carboxylic acids is 1. The van der Waals surface area contributed by atoms with Gasteiger partial charge in [0.05, 0.1) is 48.2 Å². The molecule has 3 aromatic heterocycles. The molecule has 13 heteroatoms. The Labute approximate surface area is 251 Å². The lowest BCUT2D eigenvalue weighted by Gasteiger charge is -2.27. The van der Waals surface area contributed by atoms with Crippen molar-refractivity contribution in [3.8, 4) is 28.3 Å². The monoisotopic (exact) mass is 597 g/mol. The molecule has 1 amide bonds. The zero-order valence-electron chi connectivity index (χ0n) is 23.5. The number of para-hydroxylation sites is 1. The van der Waals surface area contributed by atoms with Crippen LogP contribution in [0.4, 0.5) is 17.3 Å². The number of hydrogen-bond donors (Lipinski definition) is 2. The molecule has 4 heterocycles. The first-order chi connectivity index (χ1) is 20.8. The molecule has 3 N–H and O–H groups in total. The average molecular weight is 598 g/mol. The van der Waals surface area contributed by atoms with Gasteiger partial charge in [-0.05, 0) is 31.2 Å². The molecule has 1 aliphatic heterocycles. The van der Waals surface area contributed by atoms with E-state index in [2.05, 4.69) is 20.2 Å². The molecular formula is C30H28ClN9O3. The van der Waals surface area contributed by atoms with E-state index in [9.17, 15) is 9.59 Å². The summed E-state index contributed by atoms with van der Waals surface area (Å²) in [4.78, 5) is 46.8. The molecule has 0 spiro atoms. The number of nitrogens with one attached hydrogen (secondary N) is 1. The number of hydrogen-bond acceptors (Lipinski definition) is 9. The van der Waals surface area contributed by atoms with Crippen molar-refractivity contribution >= 4 is 34.8 Å². The van der Waals surface area contributed by atoms with Crippen molar-refractivity contribution in [1.29, 1.82) is 0 Å². The van der Waals surface area contributed by atoms with E-state index in [1.54, 1.807) is 85.8 Å². The van der Waals surface area contributed by atoms with Crippen molar-refractivity contribution in [3.63, 3.8) is 0 Å². The van der Waals surface area contributed by atoms with Gasteiger partial charge in [-0.1, -0.05) is 35.9 Å². The molecule has 6 rings (SSSR count). The first kappa shape index (κ1) is 28.1. The summed E-state index contributed by atoms with van der Waals surface area (Å²) in [6, 6.07) is 13.9. The summed E-state index contributed by atoms with van der Waals surface area (Å²) in [6.45, 7) is 4.46. The molecule has 12 nitrogen and oxygen atoms in total. The van der Waals surface area contributed by atoms with Gasteiger partial charge in [-0.15, -0.1) is 0 Å². The number of morpholine rings is 1. The highest BCUT2D eigenvalue weighted by Crippen LogP contribution is 2.27. The normalized spacial score (nSPS) is 13.2. The molecule has 5 aromatic rings. The minimum absolute atomic E-state index is 0.0229. The van der Waals surface area contributed by atoms with E-state index >= 15 is 0 Å². The summed E-state index contributed by atoms with van der Waals surface area (Å²) in [6.07, 6.45) is 4.92. The van der Waals surface area contributed by atoms with Crippen LogP contribution in [-0.4, -0.2) is 61.5 Å². The third kappa shape index (κ3) is 5.45. The maximum Gasteiger partial charge on any atom is 0.284 e. The third-order valence-electron chi connectivity index (χ3n) is 7.30. The Kier molecular flexibility index (Phi) is 7.61. The van der Waals surface area contributed by atoms with Crippen molar-refractivity contribution in [3.05, 3.63) is 93.8 Å². The molecule has 0 atom stereocenters. The zero-order valence-corrected chi connectivity index (χ0v) is 24.2. The van der Waals surface area contributed by atoms with Crippen molar-refractivity contribution in [1.82, 2.24) is 29.3 Å². The quantitative estimate of drug-likeness (QED) is 0.299. The van der Waals surface area contributed by atoms with E-state index in [0.717, 1.165) is 18.9 Å². The Balaban J connectivity index is 1.24. The van der Waals surface area contributed by atoms with Gasteiger partial charge >= 0.3 is 0 Å². The van der Waals surface area contributed by atoms with Crippen LogP contribution in [-0.2, 0) is 11.8 Å². The van der Waals surface area contributed by atoms with E-state index in [0.29, 0.717) is 58.0 Å². The number of rotatable bonds is 6. The Morgan fingerprint density at radius 1 is 1.00 bits per heavy atom. The van der Waals surface area contributed by atoms with Crippen LogP contribution in [0, 0.1) is 6.92 Å². The van der Waals surface area contributed by atoms with E-state index in [-0.39, 0.29) is 11.4 Å². The number of anilines is 3. The maximum absolute atomic E-state index is 13.3. The van der Waals surface area contributed by atoms with Gasteiger partial charge in [-0.2, -0.15) is 0 Å². The summed E-state index contributed by atoms with van der Waals surface area (Å²) in [5.74, 6) is 0.461. The number of aromatic nitrogens is 6. The van der Waals surface area contributed by atoms with E-state index in [1.165, 1.54) is 4.68 Å². The van der Waals surface area contributed by atoms with Crippen molar-refractivity contribution < 1.29 is 9.53 Å². The van der Waals surface area contributed by atoms with Gasteiger partial charge in [0.25, 0.3) is 11.5 Å². The summed E-state index contributed by atoms with van der Waals surface area (Å²) in [5.41, 5.74) is 9.49. The second-order valence-electron chi connectivity index (χ2n) is 9.93. The van der Waals surface area contributed by atoms with Gasteiger partial charge in [0.15, 0.2) is 0 Å². The van der Waals surface area contributed by atoms with Crippen LogP contribution >= 0.6 is 11.6 Å². The highest BCUT2D eigenvalue weighted by Gasteiger charge is 2.23. The summed E-state index contributed by atoms with van der Waals surface area (Å²) in [7, 11) is 1.70. The predicted octanol–water partition coefficient (Wildman–Crippen LogP) is 3.72. The summed E-state index contributed by atoms with van der Waals surface area (Å²) in [5, 5.41) is 3.22. The topological polar surface area (TPSA) is 146 Å². The van der Waals surface area contributed by atoms with Crippen LogP contribution in [0.5, 0.6) is 0 Å². The first-order valence-electron chi connectivity index (χ1n) is 13.5. The number of benzene rings is 2. The fourth-order valence-electron chi connectivity index (χ4n) is 4.93. The fraction of sp³-hybridized carbons (Fsp3) is 0.200. The summed E-state index contributed by atoms with van der Waals surface area (Å²) >= 11 is 6.33. The maximum atomic E-state index is 13.3. The third-order valence-corrected chi connectivity index (χ3v) is 7.62. The van der Waals surface area contributed by atoms with Crippen LogP contribution in [0.3, 0.4) is 0 Å². The fourth-order valence-corrected chi connectivity index (χ4v) is 5.14. The molecule has 0 aliphatic carbocycles. The second-order valence-corrected chi connectivity index (χ2v) is 10.3. The number of amides is 1. The number of nitrogen functional groups attached to an aromatic ring is 1. The molecule has 0 radical (unpaired) electrons. The van der Waals surface area contributed by atoms with Crippen molar-refractivity contribution in [2.75, 3.05) is 42.3 Å². The SMILES string of the molecule is Cc1c(C(=O)Nc2ccc(-c3nc(-c4cncc(N5CCOCC5)n4)cnc3N)cc2)c(=O)n(-c2ccccc2Cl)n1C. The number of nitrogens with two attached hydrogens (primary N) is 1. The smallest absolute Gasteiger partial charge is 0.284 e. The van der Waals surface area contributed by atoms with E-state index in [1.807, 2.05) is 0 Å². The van der Waals surface area contributed by atoms with Gasteiger partial charge in [-0.3, -0.25) is 19.3 Å². The Morgan fingerprint density at radius 2 is 1.72 bits per heavy atom. The number of carbonyl (C=O) groups is 1. The van der Waals surface area contributed by atoms with Crippen LogP contribution in [0.15, 0.2) is 71.9 Å². The van der Waals surface area contributed by atoms with Gasteiger partial charge < -0.3 is 20.7 Å². The van der Waals surface area contributed by atoms with Crippen LogP contribution < -0.4 is 21.5 Å². The van der Waals surface area contributed by atoms with E-state index in [4.69, 9.17) is 32.0 Å². The molecule has 218 valence electrons. The lowest BCUT2D eigenvalue weighted by Crippen LogP contribution is -2.36. The van der Waals surface area contributed by atoms with E-state index < -0.39 is 11.5 Å². The van der Waals surface area contributed by atoms with Crippen LogP contribution in [0.1, 0.15) is 16.1 Å². The molecule has 1 saturated heterocycles. The molecule has 0 unspecified atom stereocenters. The first-order valence-corrected chi connectivity index (χ1v) is 13.9. The van der Waals surface area contributed by atoms with Crippen LogP contribution in [0.2, 0.25) is 5.02 Å². The minimum atomic E-state index is -0.531. The highest BCUT2D eigenvalue weighted by molar-refractivity contribution is 6.32. The van der Waals surface area contributed by atoms with Crippen molar-refractivity contribution in [2.24, 2.45) is 7.05 Å². The zero-order chi connectivity index (χ0) is 30.1. The Hall–Kier alpha value is -5.07. The van der Waals surface area contributed by atoms with Crippen LogP contribution in [0.25, 0.3) is 28.3 Å². The molecule has 1 fully saturated rings. The average Bonchev–Trinajstić information content (AvgIpc) is 3.25. The van der Waals surface area contributed by atoms with Gasteiger partial charge in [0.2, 0.25) is 0 Å². The number of nitrogens with zero attached hydrogens (tertiary/aromatic N) is 7. The molecule has 0 bridgehead atoms. The standard InChI is InChI=1S/C30H28ClN9O3/c1-18-26(30(42)40(38(18)2)24-6-4-3-5-21(24)31)29(41)35-20-9-7-19(8-10-20)27-28(32)34-16-23(37-27)22-15-33-17-25(36-22)39-11-13-43-14-12-39/h3-10,15-17H,11-14H2,1-2H3,(H2,32,34)(H,35,41). The molecule has 43 heavy (non-hydrogen) atoms.